The molecular formula is C13H19NS. The first kappa shape index (κ1) is 12.2. The van der Waals surface area contributed by atoms with E-state index >= 15 is 0 Å². The average Bonchev–Trinajstić information content (AvgIpc) is 2.20. The first-order valence-corrected chi connectivity index (χ1v) is 5.71. The van der Waals surface area contributed by atoms with Gasteiger partial charge in [0.2, 0.25) is 0 Å². The molecule has 0 saturated heterocycles. The van der Waals surface area contributed by atoms with Crippen molar-refractivity contribution in [1.29, 1.82) is 0 Å². The lowest BCUT2D eigenvalue weighted by Crippen LogP contribution is -2.23. The molecule has 0 saturated carbocycles. The number of rotatable bonds is 3. The van der Waals surface area contributed by atoms with Gasteiger partial charge in [0, 0.05) is 5.92 Å². The van der Waals surface area contributed by atoms with Crippen molar-refractivity contribution >= 4 is 17.2 Å². The summed E-state index contributed by atoms with van der Waals surface area (Å²) in [6, 6.07) is 6.40. The molecule has 0 radical (unpaired) electrons. The predicted octanol–water partition coefficient (Wildman–Crippen LogP) is 3.33. The largest absolute Gasteiger partial charge is 0.393 e. The summed E-state index contributed by atoms with van der Waals surface area (Å²) in [6.45, 7) is 8.57. The molecule has 82 valence electrons. The standard InChI is InChI=1S/C13H19NS/c1-8-6-5-7-12(9(8)2)10(3)11(4)13(14)15/h5-7,10-11H,1-4H3,(H2,14,15). The van der Waals surface area contributed by atoms with Crippen LogP contribution in [0.3, 0.4) is 0 Å². The Balaban J connectivity index is 3.06. The lowest BCUT2D eigenvalue weighted by molar-refractivity contribution is 0.623. The monoisotopic (exact) mass is 221 g/mol. The molecule has 1 aromatic rings. The van der Waals surface area contributed by atoms with Crippen LogP contribution in [-0.2, 0) is 0 Å². The van der Waals surface area contributed by atoms with Gasteiger partial charge in [0.15, 0.2) is 0 Å². The molecular weight excluding hydrogens is 202 g/mol. The van der Waals surface area contributed by atoms with Crippen molar-refractivity contribution in [3.05, 3.63) is 34.9 Å². The van der Waals surface area contributed by atoms with Crippen LogP contribution in [0.25, 0.3) is 0 Å². The molecule has 2 heteroatoms. The number of hydrogen-bond acceptors (Lipinski definition) is 1. The average molecular weight is 221 g/mol. The van der Waals surface area contributed by atoms with Crippen LogP contribution in [0.5, 0.6) is 0 Å². The first-order chi connectivity index (χ1) is 6.95. The van der Waals surface area contributed by atoms with E-state index in [4.69, 9.17) is 18.0 Å². The summed E-state index contributed by atoms with van der Waals surface area (Å²) in [4.78, 5) is 0.600. The molecule has 2 atom stereocenters. The minimum absolute atomic E-state index is 0.250. The van der Waals surface area contributed by atoms with Crippen LogP contribution in [0.15, 0.2) is 18.2 Å². The maximum absolute atomic E-state index is 5.69. The quantitative estimate of drug-likeness (QED) is 0.792. The predicted molar refractivity (Wildman–Crippen MR) is 70.3 cm³/mol. The SMILES string of the molecule is Cc1cccc(C(C)C(C)C(N)=S)c1C. The Morgan fingerprint density at radius 1 is 1.27 bits per heavy atom. The van der Waals surface area contributed by atoms with Gasteiger partial charge in [-0.25, -0.2) is 0 Å². The summed E-state index contributed by atoms with van der Waals surface area (Å²) < 4.78 is 0. The summed E-state index contributed by atoms with van der Waals surface area (Å²) in [5, 5.41) is 0. The van der Waals surface area contributed by atoms with Crippen LogP contribution >= 0.6 is 12.2 Å². The molecule has 2 unspecified atom stereocenters. The smallest absolute Gasteiger partial charge is 0.0761 e. The minimum atomic E-state index is 0.250. The molecule has 0 aromatic heterocycles. The minimum Gasteiger partial charge on any atom is -0.393 e. The van der Waals surface area contributed by atoms with Crippen LogP contribution < -0.4 is 5.73 Å². The van der Waals surface area contributed by atoms with Crippen LogP contribution in [0.4, 0.5) is 0 Å². The Bertz CT molecular complexity index is 371. The van der Waals surface area contributed by atoms with Crippen LogP contribution in [0.1, 0.15) is 36.5 Å². The highest BCUT2D eigenvalue weighted by atomic mass is 32.1. The van der Waals surface area contributed by atoms with Gasteiger partial charge in [-0.3, -0.25) is 0 Å². The van der Waals surface area contributed by atoms with Crippen molar-refractivity contribution in [2.45, 2.75) is 33.6 Å². The van der Waals surface area contributed by atoms with E-state index < -0.39 is 0 Å². The molecule has 0 spiro atoms. The van der Waals surface area contributed by atoms with E-state index in [1.165, 1.54) is 16.7 Å². The van der Waals surface area contributed by atoms with E-state index in [-0.39, 0.29) is 5.92 Å². The van der Waals surface area contributed by atoms with E-state index in [0.717, 1.165) is 0 Å². The Kier molecular flexibility index (Phi) is 3.86. The highest BCUT2D eigenvalue weighted by Crippen LogP contribution is 2.28. The topological polar surface area (TPSA) is 26.0 Å². The lowest BCUT2D eigenvalue weighted by Gasteiger charge is -2.21. The number of nitrogens with two attached hydrogens (primary N) is 1. The highest BCUT2D eigenvalue weighted by molar-refractivity contribution is 7.80. The molecule has 15 heavy (non-hydrogen) atoms. The van der Waals surface area contributed by atoms with E-state index in [2.05, 4.69) is 45.9 Å². The van der Waals surface area contributed by atoms with Gasteiger partial charge >= 0.3 is 0 Å². The second kappa shape index (κ2) is 4.75. The normalized spacial score (nSPS) is 14.7. The van der Waals surface area contributed by atoms with Crippen molar-refractivity contribution in [1.82, 2.24) is 0 Å². The second-order valence-corrected chi connectivity index (χ2v) is 4.74. The van der Waals surface area contributed by atoms with E-state index in [9.17, 15) is 0 Å². The fourth-order valence-electron chi connectivity index (χ4n) is 1.78. The third-order valence-electron chi connectivity index (χ3n) is 3.34. The van der Waals surface area contributed by atoms with Gasteiger partial charge in [0.25, 0.3) is 0 Å². The van der Waals surface area contributed by atoms with Gasteiger partial charge in [-0.15, -0.1) is 0 Å². The third kappa shape index (κ3) is 2.57. The van der Waals surface area contributed by atoms with Gasteiger partial charge in [-0.1, -0.05) is 44.3 Å². The Hall–Kier alpha value is -0.890. The molecule has 0 amide bonds. The van der Waals surface area contributed by atoms with Crippen molar-refractivity contribution in [3.8, 4) is 0 Å². The molecule has 0 aliphatic heterocycles. The molecule has 0 fully saturated rings. The molecule has 1 aromatic carbocycles. The van der Waals surface area contributed by atoms with Gasteiger partial charge in [-0.2, -0.15) is 0 Å². The van der Waals surface area contributed by atoms with Gasteiger partial charge in [0.1, 0.15) is 0 Å². The van der Waals surface area contributed by atoms with E-state index in [0.29, 0.717) is 10.9 Å². The summed E-state index contributed by atoms with van der Waals surface area (Å²) in [5.74, 6) is 0.642. The first-order valence-electron chi connectivity index (χ1n) is 5.30. The molecule has 1 nitrogen and oxygen atoms in total. The molecule has 0 bridgehead atoms. The second-order valence-electron chi connectivity index (χ2n) is 4.27. The molecule has 2 N–H and O–H groups in total. The Morgan fingerprint density at radius 2 is 1.87 bits per heavy atom. The summed E-state index contributed by atoms with van der Waals surface area (Å²) >= 11 is 5.05. The zero-order valence-electron chi connectivity index (χ0n) is 9.87. The van der Waals surface area contributed by atoms with Gasteiger partial charge in [0.05, 0.1) is 4.99 Å². The maximum Gasteiger partial charge on any atom is 0.0761 e. The lowest BCUT2D eigenvalue weighted by atomic mass is 9.85. The number of aryl methyl sites for hydroxylation is 1. The third-order valence-corrected chi connectivity index (χ3v) is 3.71. The van der Waals surface area contributed by atoms with Crippen molar-refractivity contribution < 1.29 is 0 Å². The maximum atomic E-state index is 5.69. The van der Waals surface area contributed by atoms with Crippen LogP contribution in [-0.4, -0.2) is 4.99 Å². The van der Waals surface area contributed by atoms with E-state index in [1.807, 2.05) is 0 Å². The zero-order valence-corrected chi connectivity index (χ0v) is 10.7. The molecule has 0 heterocycles. The van der Waals surface area contributed by atoms with Gasteiger partial charge < -0.3 is 5.73 Å². The fraction of sp³-hybridized carbons (Fsp3) is 0.462. The Morgan fingerprint density at radius 3 is 2.40 bits per heavy atom. The summed E-state index contributed by atoms with van der Waals surface area (Å²) in [6.07, 6.45) is 0. The highest BCUT2D eigenvalue weighted by Gasteiger charge is 2.18. The molecule has 0 aliphatic carbocycles. The summed E-state index contributed by atoms with van der Waals surface area (Å²) in [7, 11) is 0. The zero-order chi connectivity index (χ0) is 11.6. The van der Waals surface area contributed by atoms with Crippen molar-refractivity contribution in [2.75, 3.05) is 0 Å². The van der Waals surface area contributed by atoms with E-state index in [1.54, 1.807) is 0 Å². The fourth-order valence-corrected chi connectivity index (χ4v) is 1.99. The Labute approximate surface area is 97.7 Å². The van der Waals surface area contributed by atoms with Gasteiger partial charge in [-0.05, 0) is 36.5 Å². The number of hydrogen-bond donors (Lipinski definition) is 1. The van der Waals surface area contributed by atoms with Crippen molar-refractivity contribution in [2.24, 2.45) is 11.7 Å². The van der Waals surface area contributed by atoms with Crippen LogP contribution in [0, 0.1) is 19.8 Å². The molecule has 0 aliphatic rings. The molecule has 1 rings (SSSR count). The number of benzene rings is 1. The summed E-state index contributed by atoms with van der Waals surface area (Å²) in [5.41, 5.74) is 9.73. The van der Waals surface area contributed by atoms with Crippen LogP contribution in [0.2, 0.25) is 0 Å². The van der Waals surface area contributed by atoms with Crippen molar-refractivity contribution in [3.63, 3.8) is 0 Å². The number of thiocarbonyl (C=S) groups is 1.